The zero-order valence-electron chi connectivity index (χ0n) is 10.9. The molecule has 3 nitrogen and oxygen atoms in total. The van der Waals surface area contributed by atoms with Gasteiger partial charge in [-0.15, -0.1) is 11.6 Å². The maximum absolute atomic E-state index is 12.1. The van der Waals surface area contributed by atoms with E-state index in [1.807, 2.05) is 20.8 Å². The zero-order valence-corrected chi connectivity index (χ0v) is 11.6. The maximum Gasteiger partial charge on any atom is 0.255 e. The van der Waals surface area contributed by atoms with Gasteiger partial charge < -0.3 is 9.73 Å². The van der Waals surface area contributed by atoms with E-state index in [0.717, 1.165) is 18.6 Å². The summed E-state index contributed by atoms with van der Waals surface area (Å²) in [6.45, 7) is 7.68. The van der Waals surface area contributed by atoms with Crippen LogP contribution in [0.25, 0.3) is 0 Å². The van der Waals surface area contributed by atoms with Gasteiger partial charge in [0.15, 0.2) is 0 Å². The molecule has 0 aliphatic heterocycles. The number of halogens is 1. The van der Waals surface area contributed by atoms with Crippen LogP contribution >= 0.6 is 11.6 Å². The third kappa shape index (κ3) is 3.03. The number of nitrogens with one attached hydrogen (secondary N) is 1. The second-order valence-electron chi connectivity index (χ2n) is 4.40. The number of amides is 1. The number of rotatable bonds is 5. The van der Waals surface area contributed by atoms with Gasteiger partial charge in [-0.3, -0.25) is 4.79 Å². The van der Waals surface area contributed by atoms with Crippen molar-refractivity contribution in [2.24, 2.45) is 0 Å². The van der Waals surface area contributed by atoms with Gasteiger partial charge in [0, 0.05) is 5.88 Å². The van der Waals surface area contributed by atoms with Crippen molar-refractivity contribution in [1.29, 1.82) is 0 Å². The lowest BCUT2D eigenvalue weighted by molar-refractivity contribution is 0.0901. The molecule has 0 unspecified atom stereocenters. The van der Waals surface area contributed by atoms with E-state index in [4.69, 9.17) is 16.0 Å². The molecule has 0 aliphatic carbocycles. The predicted molar refractivity (Wildman–Crippen MR) is 69.7 cm³/mol. The third-order valence-corrected chi connectivity index (χ3v) is 3.79. The quantitative estimate of drug-likeness (QED) is 0.822. The van der Waals surface area contributed by atoms with Crippen LogP contribution in [0.1, 0.15) is 48.6 Å². The Balaban J connectivity index is 2.88. The summed E-state index contributed by atoms with van der Waals surface area (Å²) in [6, 6.07) is 1.76. The van der Waals surface area contributed by atoms with Crippen LogP contribution < -0.4 is 5.32 Å². The third-order valence-electron chi connectivity index (χ3n) is 3.27. The summed E-state index contributed by atoms with van der Waals surface area (Å²) in [6.07, 6.45) is 1.63. The topological polar surface area (TPSA) is 42.2 Å². The van der Waals surface area contributed by atoms with Crippen LogP contribution in [0.15, 0.2) is 10.5 Å². The number of furan rings is 1. The van der Waals surface area contributed by atoms with Crippen LogP contribution in [0.3, 0.4) is 0 Å². The van der Waals surface area contributed by atoms with Crippen molar-refractivity contribution in [3.05, 3.63) is 23.2 Å². The molecule has 1 rings (SSSR count). The fourth-order valence-corrected chi connectivity index (χ4v) is 2.26. The van der Waals surface area contributed by atoms with Crippen molar-refractivity contribution < 1.29 is 9.21 Å². The number of alkyl halides is 1. The molecule has 1 aromatic heterocycles. The van der Waals surface area contributed by atoms with Gasteiger partial charge in [0.05, 0.1) is 11.1 Å². The molecule has 1 heterocycles. The summed E-state index contributed by atoms with van der Waals surface area (Å²) in [5.41, 5.74) is 0.273. The number of hydrogen-bond acceptors (Lipinski definition) is 2. The maximum atomic E-state index is 12.1. The molecule has 1 amide bonds. The van der Waals surface area contributed by atoms with Crippen LogP contribution in [-0.2, 0) is 0 Å². The van der Waals surface area contributed by atoms with Crippen molar-refractivity contribution in [2.75, 3.05) is 5.88 Å². The second kappa shape index (κ2) is 5.58. The Bertz CT molecular complexity index is 386. The molecular weight excluding hydrogens is 238 g/mol. The van der Waals surface area contributed by atoms with Gasteiger partial charge in [-0.25, -0.2) is 0 Å². The molecule has 0 atom stereocenters. The molecule has 96 valence electrons. The number of carbonyl (C=O) groups is 1. The second-order valence-corrected chi connectivity index (χ2v) is 4.67. The Labute approximate surface area is 108 Å². The molecule has 0 fully saturated rings. The monoisotopic (exact) mass is 257 g/mol. The summed E-state index contributed by atoms with van der Waals surface area (Å²) in [7, 11) is 0. The minimum absolute atomic E-state index is 0.108. The molecule has 1 aromatic rings. The molecule has 0 aliphatic rings. The van der Waals surface area contributed by atoms with E-state index in [2.05, 4.69) is 5.32 Å². The van der Waals surface area contributed by atoms with E-state index in [0.29, 0.717) is 17.2 Å². The highest BCUT2D eigenvalue weighted by Crippen LogP contribution is 2.20. The molecule has 4 heteroatoms. The van der Waals surface area contributed by atoms with Crippen LogP contribution in [0.2, 0.25) is 0 Å². The first-order valence-corrected chi connectivity index (χ1v) is 6.47. The largest absolute Gasteiger partial charge is 0.466 e. The van der Waals surface area contributed by atoms with Crippen molar-refractivity contribution in [1.82, 2.24) is 5.32 Å². The first-order chi connectivity index (χ1) is 7.98. The lowest BCUT2D eigenvalue weighted by Crippen LogP contribution is -2.49. The van der Waals surface area contributed by atoms with E-state index in [1.54, 1.807) is 13.0 Å². The van der Waals surface area contributed by atoms with E-state index in [9.17, 15) is 4.79 Å². The van der Waals surface area contributed by atoms with E-state index in [-0.39, 0.29) is 11.4 Å². The van der Waals surface area contributed by atoms with Gasteiger partial charge in [-0.05, 0) is 32.8 Å². The fraction of sp³-hybridized carbons (Fsp3) is 0.615. The number of carbonyl (C=O) groups excluding carboxylic acids is 1. The van der Waals surface area contributed by atoms with Gasteiger partial charge >= 0.3 is 0 Å². The highest BCUT2D eigenvalue weighted by Gasteiger charge is 2.28. The lowest BCUT2D eigenvalue weighted by atomic mass is 9.94. The Morgan fingerprint density at radius 2 is 2.00 bits per heavy atom. The molecule has 0 saturated carbocycles. The Morgan fingerprint density at radius 1 is 1.41 bits per heavy atom. The molecule has 0 aromatic carbocycles. The van der Waals surface area contributed by atoms with E-state index >= 15 is 0 Å². The molecule has 1 N–H and O–H groups in total. The summed E-state index contributed by atoms with van der Waals surface area (Å²) < 4.78 is 5.36. The molecule has 0 saturated heterocycles. The van der Waals surface area contributed by atoms with Crippen molar-refractivity contribution in [3.8, 4) is 0 Å². The average Bonchev–Trinajstić information content (AvgIpc) is 2.65. The van der Waals surface area contributed by atoms with Gasteiger partial charge in [0.25, 0.3) is 5.91 Å². The van der Waals surface area contributed by atoms with Gasteiger partial charge in [0.1, 0.15) is 11.5 Å². The highest BCUT2D eigenvalue weighted by molar-refractivity contribution is 6.19. The van der Waals surface area contributed by atoms with Crippen molar-refractivity contribution >= 4 is 17.5 Å². The van der Waals surface area contributed by atoms with Crippen LogP contribution in [0.4, 0.5) is 0 Å². The first-order valence-electron chi connectivity index (χ1n) is 5.93. The normalized spacial score (nSPS) is 11.6. The average molecular weight is 258 g/mol. The lowest BCUT2D eigenvalue weighted by Gasteiger charge is -2.30. The van der Waals surface area contributed by atoms with E-state index in [1.165, 1.54) is 0 Å². The smallest absolute Gasteiger partial charge is 0.255 e. The van der Waals surface area contributed by atoms with Crippen molar-refractivity contribution in [2.45, 2.75) is 46.1 Å². The van der Waals surface area contributed by atoms with Gasteiger partial charge in [-0.2, -0.15) is 0 Å². The summed E-state index contributed by atoms with van der Waals surface area (Å²) in [5, 5.41) is 3.02. The highest BCUT2D eigenvalue weighted by atomic mass is 35.5. The molecule has 0 bridgehead atoms. The molecular formula is C13H20ClNO2. The molecule has 0 radical (unpaired) electrons. The minimum Gasteiger partial charge on any atom is -0.466 e. The van der Waals surface area contributed by atoms with Gasteiger partial charge in [-0.1, -0.05) is 13.8 Å². The molecule has 17 heavy (non-hydrogen) atoms. The Hall–Kier alpha value is -0.960. The molecule has 0 spiro atoms. The number of aryl methyl sites for hydroxylation is 2. The summed E-state index contributed by atoms with van der Waals surface area (Å²) in [4.78, 5) is 12.1. The SMILES string of the molecule is CCC(CC)(CCl)NC(=O)c1cc(C)oc1C. The number of hydrogen-bond donors (Lipinski definition) is 1. The van der Waals surface area contributed by atoms with E-state index < -0.39 is 0 Å². The zero-order chi connectivity index (χ0) is 13.1. The van der Waals surface area contributed by atoms with Gasteiger partial charge in [0.2, 0.25) is 0 Å². The summed E-state index contributed by atoms with van der Waals surface area (Å²) in [5.74, 6) is 1.71. The predicted octanol–water partition coefficient (Wildman–Crippen LogP) is 3.42. The first kappa shape index (κ1) is 14.1. The van der Waals surface area contributed by atoms with Crippen molar-refractivity contribution in [3.63, 3.8) is 0 Å². The fourth-order valence-electron chi connectivity index (χ4n) is 1.81. The Morgan fingerprint density at radius 3 is 2.35 bits per heavy atom. The van der Waals surface area contributed by atoms with Crippen LogP contribution in [-0.4, -0.2) is 17.3 Å². The summed E-state index contributed by atoms with van der Waals surface area (Å²) >= 11 is 5.96. The van der Waals surface area contributed by atoms with Crippen LogP contribution in [0.5, 0.6) is 0 Å². The standard InChI is InChI=1S/C13H20ClNO2/c1-5-13(6-2,8-14)15-12(16)11-7-9(3)17-10(11)4/h7H,5-6,8H2,1-4H3,(H,15,16). The minimum atomic E-state index is -0.323. The van der Waals surface area contributed by atoms with Crippen LogP contribution in [0, 0.1) is 13.8 Å². The Kier molecular flexibility index (Phi) is 4.63.